The van der Waals surface area contributed by atoms with Gasteiger partial charge in [0.2, 0.25) is 5.89 Å². The minimum atomic E-state index is -0.457. The molecule has 2 aromatic heterocycles. The van der Waals surface area contributed by atoms with Gasteiger partial charge in [-0.3, -0.25) is 5.32 Å². The molecular formula is C15H15FN6O2. The van der Waals surface area contributed by atoms with Crippen LogP contribution < -0.4 is 10.6 Å². The van der Waals surface area contributed by atoms with Crippen LogP contribution in [-0.2, 0) is 6.54 Å². The van der Waals surface area contributed by atoms with Gasteiger partial charge in [-0.05, 0) is 25.1 Å². The zero-order chi connectivity index (χ0) is 17.1. The summed E-state index contributed by atoms with van der Waals surface area (Å²) in [6.07, 6.45) is 0. The number of benzene rings is 1. The Labute approximate surface area is 136 Å². The van der Waals surface area contributed by atoms with E-state index < -0.39 is 6.03 Å². The quantitative estimate of drug-likeness (QED) is 0.765. The van der Waals surface area contributed by atoms with Crippen molar-refractivity contribution in [3.8, 4) is 5.69 Å². The summed E-state index contributed by atoms with van der Waals surface area (Å²) in [4.78, 5) is 15.9. The van der Waals surface area contributed by atoms with Gasteiger partial charge >= 0.3 is 6.03 Å². The highest BCUT2D eigenvalue weighted by Gasteiger charge is 2.10. The fraction of sp³-hybridized carbons (Fsp3) is 0.200. The Morgan fingerprint density at radius 2 is 2.17 bits per heavy atom. The van der Waals surface area contributed by atoms with Gasteiger partial charge in [-0.2, -0.15) is 4.98 Å². The fourth-order valence-electron chi connectivity index (χ4n) is 2.14. The Morgan fingerprint density at radius 3 is 2.88 bits per heavy atom. The number of aryl methyl sites for hydroxylation is 2. The highest BCUT2D eigenvalue weighted by Crippen LogP contribution is 2.15. The Kier molecular flexibility index (Phi) is 4.23. The van der Waals surface area contributed by atoms with Crippen LogP contribution in [0.2, 0.25) is 0 Å². The predicted octanol–water partition coefficient (Wildman–Crippen LogP) is 2.33. The van der Waals surface area contributed by atoms with Gasteiger partial charge in [0.05, 0.1) is 12.2 Å². The van der Waals surface area contributed by atoms with Crippen LogP contribution in [-0.4, -0.2) is 26.0 Å². The number of hydrogen-bond acceptors (Lipinski definition) is 5. The van der Waals surface area contributed by atoms with Gasteiger partial charge in [-0.15, -0.1) is 5.10 Å². The molecule has 2 heterocycles. The second-order valence-corrected chi connectivity index (χ2v) is 5.10. The number of nitrogens with one attached hydrogen (secondary N) is 2. The first-order chi connectivity index (χ1) is 11.5. The highest BCUT2D eigenvalue weighted by molar-refractivity contribution is 5.88. The SMILES string of the molecule is Cc1nc(CNC(=O)Nc2cc(C)n(-c3cccc(F)c3)n2)no1. The number of carbonyl (C=O) groups excluding carboxylic acids is 1. The van der Waals surface area contributed by atoms with E-state index in [-0.39, 0.29) is 12.4 Å². The number of hydrogen-bond donors (Lipinski definition) is 2. The molecule has 0 unspecified atom stereocenters. The zero-order valence-corrected chi connectivity index (χ0v) is 13.1. The van der Waals surface area contributed by atoms with Gasteiger partial charge < -0.3 is 9.84 Å². The molecule has 124 valence electrons. The maximum Gasteiger partial charge on any atom is 0.320 e. The molecule has 3 rings (SSSR count). The molecule has 1 aromatic carbocycles. The molecule has 9 heteroatoms. The summed E-state index contributed by atoms with van der Waals surface area (Å²) in [5, 5.41) is 13.1. The molecule has 0 fully saturated rings. The minimum Gasteiger partial charge on any atom is -0.340 e. The van der Waals surface area contributed by atoms with Crippen LogP contribution in [0.3, 0.4) is 0 Å². The van der Waals surface area contributed by atoms with Gasteiger partial charge in [0.15, 0.2) is 11.6 Å². The van der Waals surface area contributed by atoms with Gasteiger partial charge in [0.1, 0.15) is 5.82 Å². The second kappa shape index (κ2) is 6.49. The predicted molar refractivity (Wildman–Crippen MR) is 83.2 cm³/mol. The van der Waals surface area contributed by atoms with E-state index in [9.17, 15) is 9.18 Å². The van der Waals surface area contributed by atoms with Crippen LogP contribution in [0.25, 0.3) is 5.69 Å². The molecule has 0 atom stereocenters. The summed E-state index contributed by atoms with van der Waals surface area (Å²) >= 11 is 0. The standard InChI is InChI=1S/C15H15FN6O2/c1-9-6-13(20-22(9)12-5-3-4-11(16)7-12)19-15(23)17-8-14-18-10(2)24-21-14/h3-7H,8H2,1-2H3,(H2,17,19,20,23). The zero-order valence-electron chi connectivity index (χ0n) is 13.1. The lowest BCUT2D eigenvalue weighted by Gasteiger charge is -2.04. The van der Waals surface area contributed by atoms with Gasteiger partial charge in [0.25, 0.3) is 0 Å². The lowest BCUT2D eigenvalue weighted by atomic mass is 10.3. The lowest BCUT2D eigenvalue weighted by molar-refractivity contribution is 0.251. The van der Waals surface area contributed by atoms with E-state index in [2.05, 4.69) is 25.9 Å². The lowest BCUT2D eigenvalue weighted by Crippen LogP contribution is -2.28. The molecule has 0 saturated carbocycles. The van der Waals surface area contributed by atoms with Crippen molar-refractivity contribution in [2.24, 2.45) is 0 Å². The van der Waals surface area contributed by atoms with Gasteiger partial charge in [0, 0.05) is 18.7 Å². The molecule has 0 aliphatic rings. The van der Waals surface area contributed by atoms with Crippen LogP contribution in [0.1, 0.15) is 17.4 Å². The van der Waals surface area contributed by atoms with Crippen molar-refractivity contribution in [1.29, 1.82) is 0 Å². The van der Waals surface area contributed by atoms with E-state index in [4.69, 9.17) is 4.52 Å². The number of amides is 2. The molecule has 0 spiro atoms. The maximum absolute atomic E-state index is 13.3. The first kappa shape index (κ1) is 15.7. The summed E-state index contributed by atoms with van der Waals surface area (Å²) in [7, 11) is 0. The number of nitrogens with zero attached hydrogens (tertiary/aromatic N) is 4. The summed E-state index contributed by atoms with van der Waals surface area (Å²) in [6, 6.07) is 7.27. The molecule has 0 aliphatic carbocycles. The Morgan fingerprint density at radius 1 is 1.33 bits per heavy atom. The van der Waals surface area contributed by atoms with Crippen LogP contribution in [0.4, 0.5) is 15.0 Å². The normalized spacial score (nSPS) is 10.6. The van der Waals surface area contributed by atoms with Crippen molar-refractivity contribution in [3.05, 3.63) is 53.6 Å². The van der Waals surface area contributed by atoms with Crippen molar-refractivity contribution in [3.63, 3.8) is 0 Å². The first-order valence-electron chi connectivity index (χ1n) is 7.18. The molecule has 2 amide bonds. The number of carbonyl (C=O) groups is 1. The smallest absolute Gasteiger partial charge is 0.320 e. The monoisotopic (exact) mass is 330 g/mol. The molecule has 3 aromatic rings. The van der Waals surface area contributed by atoms with Crippen molar-refractivity contribution < 1.29 is 13.7 Å². The second-order valence-electron chi connectivity index (χ2n) is 5.10. The van der Waals surface area contributed by atoms with Crippen molar-refractivity contribution >= 4 is 11.8 Å². The number of aromatic nitrogens is 4. The van der Waals surface area contributed by atoms with E-state index >= 15 is 0 Å². The average molecular weight is 330 g/mol. The van der Waals surface area contributed by atoms with Gasteiger partial charge in [-0.1, -0.05) is 11.2 Å². The molecule has 8 nitrogen and oxygen atoms in total. The number of anilines is 1. The number of halogens is 1. The molecule has 2 N–H and O–H groups in total. The van der Waals surface area contributed by atoms with Crippen LogP contribution in [0.15, 0.2) is 34.9 Å². The van der Waals surface area contributed by atoms with Crippen LogP contribution >= 0.6 is 0 Å². The van der Waals surface area contributed by atoms with E-state index in [0.717, 1.165) is 5.69 Å². The van der Waals surface area contributed by atoms with Crippen molar-refractivity contribution in [2.45, 2.75) is 20.4 Å². The summed E-state index contributed by atoms with van der Waals surface area (Å²) in [5.41, 5.74) is 1.33. The van der Waals surface area contributed by atoms with E-state index in [1.54, 1.807) is 29.8 Å². The topological polar surface area (TPSA) is 97.9 Å². The first-order valence-corrected chi connectivity index (χ1v) is 7.18. The van der Waals surface area contributed by atoms with E-state index in [0.29, 0.717) is 23.2 Å². The molecule has 24 heavy (non-hydrogen) atoms. The molecule has 0 saturated heterocycles. The highest BCUT2D eigenvalue weighted by atomic mass is 19.1. The Hall–Kier alpha value is -3.23. The third-order valence-corrected chi connectivity index (χ3v) is 3.16. The largest absolute Gasteiger partial charge is 0.340 e. The molecule has 0 radical (unpaired) electrons. The summed E-state index contributed by atoms with van der Waals surface area (Å²) < 4.78 is 19.7. The average Bonchev–Trinajstić information content (AvgIpc) is 3.11. The maximum atomic E-state index is 13.3. The number of rotatable bonds is 4. The van der Waals surface area contributed by atoms with Crippen LogP contribution in [0, 0.1) is 19.7 Å². The third-order valence-electron chi connectivity index (χ3n) is 3.16. The van der Waals surface area contributed by atoms with Crippen molar-refractivity contribution in [1.82, 2.24) is 25.2 Å². The summed E-state index contributed by atoms with van der Waals surface area (Å²) in [6.45, 7) is 3.61. The fourth-order valence-corrected chi connectivity index (χ4v) is 2.14. The van der Waals surface area contributed by atoms with Crippen molar-refractivity contribution in [2.75, 3.05) is 5.32 Å². The summed E-state index contributed by atoms with van der Waals surface area (Å²) in [5.74, 6) is 0.796. The number of urea groups is 1. The molecule has 0 bridgehead atoms. The van der Waals surface area contributed by atoms with E-state index in [1.165, 1.54) is 12.1 Å². The molecular weight excluding hydrogens is 315 g/mol. The van der Waals surface area contributed by atoms with E-state index in [1.807, 2.05) is 6.92 Å². The Bertz CT molecular complexity index is 872. The Balaban J connectivity index is 1.65. The molecule has 0 aliphatic heterocycles. The third kappa shape index (κ3) is 3.57. The van der Waals surface area contributed by atoms with Crippen LogP contribution in [0.5, 0.6) is 0 Å². The van der Waals surface area contributed by atoms with Gasteiger partial charge in [-0.25, -0.2) is 13.9 Å². The minimum absolute atomic E-state index is 0.132.